The highest BCUT2D eigenvalue weighted by molar-refractivity contribution is 7.91. The molecule has 2 aromatic heterocycles. The molecular formula is C31H37N5O5S. The Morgan fingerprint density at radius 2 is 1.50 bits per heavy atom. The van der Waals surface area contributed by atoms with Crippen molar-refractivity contribution in [3.8, 4) is 11.5 Å². The molecule has 0 radical (unpaired) electrons. The van der Waals surface area contributed by atoms with Gasteiger partial charge in [0, 0.05) is 41.0 Å². The van der Waals surface area contributed by atoms with Gasteiger partial charge in [0.05, 0.1) is 11.5 Å². The molecule has 1 saturated heterocycles. The molecule has 11 heteroatoms. The lowest BCUT2D eigenvalue weighted by Crippen LogP contribution is -2.52. The third kappa shape index (κ3) is 4.87. The van der Waals surface area contributed by atoms with Crippen LogP contribution in [-0.4, -0.2) is 52.7 Å². The van der Waals surface area contributed by atoms with E-state index in [2.05, 4.69) is 15.3 Å². The van der Waals surface area contributed by atoms with Crippen molar-refractivity contribution in [2.45, 2.75) is 94.3 Å². The van der Waals surface area contributed by atoms with E-state index in [-0.39, 0.29) is 34.2 Å². The van der Waals surface area contributed by atoms with E-state index in [1.54, 1.807) is 0 Å². The van der Waals surface area contributed by atoms with Crippen molar-refractivity contribution in [3.63, 3.8) is 0 Å². The van der Waals surface area contributed by atoms with Gasteiger partial charge >= 0.3 is 0 Å². The topological polar surface area (TPSA) is 132 Å². The van der Waals surface area contributed by atoms with Gasteiger partial charge in [-0.3, -0.25) is 4.79 Å². The van der Waals surface area contributed by atoms with Crippen LogP contribution < -0.4 is 4.90 Å². The number of carbonyl (C=O) groups excluding carboxylic acids is 1. The van der Waals surface area contributed by atoms with Gasteiger partial charge in [0.25, 0.3) is 5.89 Å². The number of anilines is 1. The third-order valence-electron chi connectivity index (χ3n) is 10.7. The van der Waals surface area contributed by atoms with Gasteiger partial charge in [0.15, 0.2) is 11.6 Å². The van der Waals surface area contributed by atoms with Crippen LogP contribution in [0, 0.1) is 11.3 Å². The van der Waals surface area contributed by atoms with Gasteiger partial charge in [-0.2, -0.15) is 9.97 Å². The quantitative estimate of drug-likeness (QED) is 0.341. The highest BCUT2D eigenvalue weighted by Crippen LogP contribution is 2.58. The number of rotatable bonds is 8. The molecule has 42 heavy (non-hydrogen) atoms. The summed E-state index contributed by atoms with van der Waals surface area (Å²) >= 11 is 0. The summed E-state index contributed by atoms with van der Waals surface area (Å²) in [5.74, 6) is 3.64. The summed E-state index contributed by atoms with van der Waals surface area (Å²) < 4.78 is 35.7. The Hall–Kier alpha value is -3.08. The van der Waals surface area contributed by atoms with E-state index in [1.807, 2.05) is 29.2 Å². The first-order valence-corrected chi connectivity index (χ1v) is 17.4. The molecule has 5 aliphatic carbocycles. The van der Waals surface area contributed by atoms with Crippen LogP contribution in [0.3, 0.4) is 0 Å². The smallest absolute Gasteiger partial charge is 0.258 e. The van der Waals surface area contributed by atoms with Crippen molar-refractivity contribution in [2.75, 3.05) is 23.0 Å². The number of benzene rings is 1. The maximum atomic E-state index is 14.2. The van der Waals surface area contributed by atoms with Crippen molar-refractivity contribution < 1.29 is 22.3 Å². The first-order chi connectivity index (χ1) is 20.3. The molecule has 3 aromatic rings. The van der Waals surface area contributed by atoms with Gasteiger partial charge in [-0.05, 0) is 101 Å². The van der Waals surface area contributed by atoms with Gasteiger partial charge in [-0.25, -0.2) is 8.42 Å². The Labute approximate surface area is 245 Å². The van der Waals surface area contributed by atoms with Gasteiger partial charge in [0.1, 0.15) is 9.84 Å². The van der Waals surface area contributed by atoms with E-state index in [0.717, 1.165) is 93.0 Å². The highest BCUT2D eigenvalue weighted by Gasteiger charge is 2.53. The first-order valence-electron chi connectivity index (χ1n) is 15.6. The number of amides is 1. The fourth-order valence-corrected chi connectivity index (χ4v) is 8.93. The van der Waals surface area contributed by atoms with E-state index in [9.17, 15) is 13.2 Å². The number of sulfone groups is 1. The number of nitrogens with zero attached hydrogens (tertiary/aromatic N) is 5. The normalized spacial score (nSPS) is 29.0. The van der Waals surface area contributed by atoms with Crippen LogP contribution in [0.15, 0.2) is 33.3 Å². The summed E-state index contributed by atoms with van der Waals surface area (Å²) in [6.45, 7) is 0.614. The van der Waals surface area contributed by atoms with E-state index >= 15 is 0 Å². The second-order valence-corrected chi connectivity index (χ2v) is 15.9. The molecule has 5 saturated carbocycles. The molecule has 3 heterocycles. The summed E-state index contributed by atoms with van der Waals surface area (Å²) in [5.41, 5.74) is 1.55. The SMILES string of the molecule is O=C(C1CCS(=O)(=O)CC1)N(CC12CCC(c3nc(C4CC4)no3)(CC1)CC2)c1cccc(-c2nc(C3CC3)no2)c1. The Kier molecular flexibility index (Phi) is 6.14. The predicted molar refractivity (Wildman–Crippen MR) is 154 cm³/mol. The molecule has 1 aromatic carbocycles. The van der Waals surface area contributed by atoms with Crippen molar-refractivity contribution in [2.24, 2.45) is 11.3 Å². The minimum absolute atomic E-state index is 0.00285. The van der Waals surface area contributed by atoms with Gasteiger partial charge in [-0.1, -0.05) is 16.4 Å². The fraction of sp³-hybridized carbons (Fsp3) is 0.645. The monoisotopic (exact) mass is 591 g/mol. The van der Waals surface area contributed by atoms with Gasteiger partial charge in [0.2, 0.25) is 11.8 Å². The highest BCUT2D eigenvalue weighted by atomic mass is 32.2. The lowest BCUT2D eigenvalue weighted by molar-refractivity contribution is -0.123. The minimum Gasteiger partial charge on any atom is -0.339 e. The summed E-state index contributed by atoms with van der Waals surface area (Å²) in [6, 6.07) is 7.84. The van der Waals surface area contributed by atoms with Crippen LogP contribution in [0.25, 0.3) is 11.5 Å². The summed E-state index contributed by atoms with van der Waals surface area (Å²) in [6.07, 6.45) is 11.2. The number of fused-ring (bicyclic) bond motifs is 3. The molecule has 2 bridgehead atoms. The summed E-state index contributed by atoms with van der Waals surface area (Å²) in [7, 11) is -3.07. The molecule has 222 valence electrons. The standard InChI is InChI=1S/C31H37N5O5S/c37-28(22-8-16-42(38,39)17-9-22)36(24-3-1-2-23(18-24)27-32-25(34-40-27)20-4-5-20)19-30-10-13-31(14-11-30,15-12-30)29-33-26(35-41-29)21-6-7-21/h1-3,18,20-22H,4-17,19H2. The Balaban J connectivity index is 1.06. The lowest BCUT2D eigenvalue weighted by Gasteiger charge is -2.53. The molecule has 6 fully saturated rings. The van der Waals surface area contributed by atoms with Crippen molar-refractivity contribution in [3.05, 3.63) is 41.8 Å². The number of aromatic nitrogens is 4. The van der Waals surface area contributed by atoms with Crippen LogP contribution in [0.5, 0.6) is 0 Å². The second-order valence-electron chi connectivity index (χ2n) is 13.6. The molecule has 0 N–H and O–H groups in total. The molecule has 0 spiro atoms. The van der Waals surface area contributed by atoms with E-state index < -0.39 is 9.84 Å². The molecule has 1 aliphatic heterocycles. The average molecular weight is 592 g/mol. The second kappa shape index (κ2) is 9.72. The van der Waals surface area contributed by atoms with Crippen LogP contribution >= 0.6 is 0 Å². The van der Waals surface area contributed by atoms with Gasteiger partial charge < -0.3 is 13.9 Å². The lowest BCUT2D eigenvalue weighted by atomic mass is 9.53. The molecule has 6 aliphatic rings. The number of carbonyl (C=O) groups is 1. The van der Waals surface area contributed by atoms with E-state index in [0.29, 0.717) is 37.1 Å². The predicted octanol–water partition coefficient (Wildman–Crippen LogP) is 5.32. The van der Waals surface area contributed by atoms with Crippen LogP contribution in [-0.2, 0) is 20.0 Å². The zero-order valence-electron chi connectivity index (χ0n) is 23.8. The molecule has 1 amide bonds. The first kappa shape index (κ1) is 26.5. The van der Waals surface area contributed by atoms with Crippen molar-refractivity contribution in [1.82, 2.24) is 20.3 Å². The maximum absolute atomic E-state index is 14.2. The van der Waals surface area contributed by atoms with Crippen LogP contribution in [0.1, 0.15) is 106 Å². The summed E-state index contributed by atoms with van der Waals surface area (Å²) in [4.78, 5) is 25.6. The van der Waals surface area contributed by atoms with Crippen molar-refractivity contribution >= 4 is 21.4 Å². The van der Waals surface area contributed by atoms with Crippen LogP contribution in [0.4, 0.5) is 5.69 Å². The zero-order chi connectivity index (χ0) is 28.5. The van der Waals surface area contributed by atoms with E-state index in [4.69, 9.17) is 14.0 Å². The molecule has 10 nitrogen and oxygen atoms in total. The Bertz CT molecular complexity index is 1580. The molecular weight excluding hydrogens is 554 g/mol. The minimum atomic E-state index is -3.07. The average Bonchev–Trinajstić information content (AvgIpc) is 3.95. The van der Waals surface area contributed by atoms with Crippen molar-refractivity contribution in [1.29, 1.82) is 0 Å². The van der Waals surface area contributed by atoms with Crippen LogP contribution in [0.2, 0.25) is 0 Å². The van der Waals surface area contributed by atoms with E-state index in [1.165, 1.54) is 0 Å². The largest absolute Gasteiger partial charge is 0.339 e. The number of hydrogen-bond donors (Lipinski definition) is 0. The van der Waals surface area contributed by atoms with Gasteiger partial charge in [-0.15, -0.1) is 0 Å². The third-order valence-corrected chi connectivity index (χ3v) is 12.4. The zero-order valence-corrected chi connectivity index (χ0v) is 24.7. The maximum Gasteiger partial charge on any atom is 0.258 e. The molecule has 0 atom stereocenters. The molecule has 9 rings (SSSR count). The Morgan fingerprint density at radius 3 is 2.17 bits per heavy atom. The fourth-order valence-electron chi connectivity index (χ4n) is 7.43. The molecule has 0 unspecified atom stereocenters. The Morgan fingerprint density at radius 1 is 0.857 bits per heavy atom. The summed E-state index contributed by atoms with van der Waals surface area (Å²) in [5, 5.41) is 8.48. The number of hydrogen-bond acceptors (Lipinski definition) is 9.